The lowest BCUT2D eigenvalue weighted by atomic mass is 10.1. The van der Waals surface area contributed by atoms with Gasteiger partial charge in [-0.2, -0.15) is 0 Å². The molecular weight excluding hydrogens is 337 g/mol. The summed E-state index contributed by atoms with van der Waals surface area (Å²) in [5, 5.41) is 6.47. The van der Waals surface area contributed by atoms with E-state index in [0.29, 0.717) is 11.8 Å². The Morgan fingerprint density at radius 2 is 2.09 bits per heavy atom. The van der Waals surface area contributed by atoms with Crippen molar-refractivity contribution in [2.75, 3.05) is 20.8 Å². The molecule has 0 radical (unpaired) electrons. The van der Waals surface area contributed by atoms with Crippen LogP contribution < -0.4 is 14.8 Å². The van der Waals surface area contributed by atoms with E-state index in [9.17, 15) is 4.39 Å². The van der Waals surface area contributed by atoms with E-state index in [1.54, 1.807) is 37.7 Å². The average molecular weight is 358 g/mol. The van der Waals surface area contributed by atoms with Crippen LogP contribution in [0.2, 0.25) is 0 Å². The second-order valence-corrected chi connectivity index (χ2v) is 6.44. The third-order valence-electron chi connectivity index (χ3n) is 4.13. The Balaban J connectivity index is 0.00000192. The first-order valence-electron chi connectivity index (χ1n) is 7.37. The van der Waals surface area contributed by atoms with Crippen LogP contribution in [-0.4, -0.2) is 20.8 Å². The molecule has 126 valence electrons. The van der Waals surface area contributed by atoms with Gasteiger partial charge < -0.3 is 14.8 Å². The van der Waals surface area contributed by atoms with Gasteiger partial charge in [0.15, 0.2) is 5.06 Å². The predicted molar refractivity (Wildman–Crippen MR) is 93.6 cm³/mol. The van der Waals surface area contributed by atoms with Crippen molar-refractivity contribution in [3.8, 4) is 10.8 Å². The van der Waals surface area contributed by atoms with E-state index >= 15 is 0 Å². The zero-order valence-corrected chi connectivity index (χ0v) is 14.8. The first-order chi connectivity index (χ1) is 10.7. The molecule has 1 aliphatic carbocycles. The third kappa shape index (κ3) is 4.16. The van der Waals surface area contributed by atoms with Crippen LogP contribution in [0, 0.1) is 11.7 Å². The lowest BCUT2D eigenvalue weighted by Crippen LogP contribution is -2.16. The number of hydrogen-bond donors (Lipinski definition) is 1. The van der Waals surface area contributed by atoms with Crippen LogP contribution >= 0.6 is 23.7 Å². The molecule has 1 N–H and O–H groups in total. The minimum Gasteiger partial charge on any atom is -0.496 e. The Bertz CT molecular complexity index is 649. The topological polar surface area (TPSA) is 30.5 Å². The van der Waals surface area contributed by atoms with Gasteiger partial charge in [0, 0.05) is 17.7 Å². The molecule has 2 atom stereocenters. The molecule has 1 saturated carbocycles. The van der Waals surface area contributed by atoms with Crippen molar-refractivity contribution in [2.45, 2.75) is 18.9 Å². The first-order valence-corrected chi connectivity index (χ1v) is 8.25. The molecule has 1 fully saturated rings. The largest absolute Gasteiger partial charge is 0.496 e. The number of ether oxygens (including phenoxy) is 2. The highest BCUT2D eigenvalue weighted by atomic mass is 35.5. The van der Waals surface area contributed by atoms with Gasteiger partial charge in [-0.25, -0.2) is 4.39 Å². The van der Waals surface area contributed by atoms with Crippen LogP contribution in [-0.2, 0) is 6.54 Å². The molecule has 0 aliphatic heterocycles. The van der Waals surface area contributed by atoms with E-state index in [1.807, 2.05) is 5.38 Å². The van der Waals surface area contributed by atoms with Crippen LogP contribution in [0.5, 0.6) is 10.8 Å². The predicted octanol–water partition coefficient (Wildman–Crippen LogP) is 4.22. The Morgan fingerprint density at radius 1 is 1.26 bits per heavy atom. The normalized spacial score (nSPS) is 19.1. The van der Waals surface area contributed by atoms with Crippen LogP contribution in [0.15, 0.2) is 29.6 Å². The van der Waals surface area contributed by atoms with Crippen molar-refractivity contribution in [1.82, 2.24) is 5.32 Å². The number of rotatable bonds is 7. The molecule has 0 saturated heterocycles. The highest BCUT2D eigenvalue weighted by molar-refractivity contribution is 7.12. The monoisotopic (exact) mass is 357 g/mol. The second-order valence-electron chi connectivity index (χ2n) is 5.56. The summed E-state index contributed by atoms with van der Waals surface area (Å²) in [5.41, 5.74) is 2.18. The van der Waals surface area contributed by atoms with E-state index in [2.05, 4.69) is 11.4 Å². The molecule has 3 rings (SSSR count). The zero-order chi connectivity index (χ0) is 15.5. The highest BCUT2D eigenvalue weighted by Gasteiger charge is 2.39. The van der Waals surface area contributed by atoms with Crippen molar-refractivity contribution < 1.29 is 13.9 Å². The number of halogens is 2. The molecule has 1 aromatic carbocycles. The Hall–Kier alpha value is -1.30. The van der Waals surface area contributed by atoms with Crippen molar-refractivity contribution >= 4 is 23.7 Å². The van der Waals surface area contributed by atoms with Gasteiger partial charge in [-0.15, -0.1) is 23.7 Å². The molecule has 1 aromatic heterocycles. The molecule has 2 unspecified atom stereocenters. The van der Waals surface area contributed by atoms with E-state index in [-0.39, 0.29) is 18.2 Å². The Kier molecular flexibility index (Phi) is 6.27. The van der Waals surface area contributed by atoms with E-state index < -0.39 is 0 Å². The summed E-state index contributed by atoms with van der Waals surface area (Å²) in [5.74, 6) is 1.52. The molecule has 0 amide bonds. The Labute approximate surface area is 146 Å². The summed E-state index contributed by atoms with van der Waals surface area (Å²) in [7, 11) is 3.33. The molecule has 1 heterocycles. The second kappa shape index (κ2) is 7.99. The van der Waals surface area contributed by atoms with Gasteiger partial charge in [-0.1, -0.05) is 0 Å². The van der Waals surface area contributed by atoms with Crippen LogP contribution in [0.3, 0.4) is 0 Å². The van der Waals surface area contributed by atoms with Gasteiger partial charge in [0.2, 0.25) is 0 Å². The van der Waals surface area contributed by atoms with Gasteiger partial charge >= 0.3 is 0 Å². The van der Waals surface area contributed by atoms with Crippen molar-refractivity contribution in [2.24, 2.45) is 5.92 Å². The summed E-state index contributed by atoms with van der Waals surface area (Å²) < 4.78 is 24.1. The summed E-state index contributed by atoms with van der Waals surface area (Å²) >= 11 is 1.61. The van der Waals surface area contributed by atoms with Gasteiger partial charge in [-0.05, 0) is 54.4 Å². The average Bonchev–Trinajstić information content (AvgIpc) is 3.15. The van der Waals surface area contributed by atoms with Gasteiger partial charge in [0.25, 0.3) is 0 Å². The quantitative estimate of drug-likeness (QED) is 0.804. The zero-order valence-electron chi connectivity index (χ0n) is 13.2. The molecule has 0 spiro atoms. The maximum Gasteiger partial charge on any atom is 0.177 e. The smallest absolute Gasteiger partial charge is 0.177 e. The number of benzene rings is 1. The van der Waals surface area contributed by atoms with E-state index in [4.69, 9.17) is 9.47 Å². The van der Waals surface area contributed by atoms with E-state index in [0.717, 1.165) is 35.9 Å². The summed E-state index contributed by atoms with van der Waals surface area (Å²) in [6, 6.07) is 6.84. The first kappa shape index (κ1) is 18.0. The van der Waals surface area contributed by atoms with Gasteiger partial charge in [0.1, 0.15) is 11.6 Å². The highest BCUT2D eigenvalue weighted by Crippen LogP contribution is 2.50. The molecule has 2 aromatic rings. The Morgan fingerprint density at radius 3 is 2.83 bits per heavy atom. The van der Waals surface area contributed by atoms with Gasteiger partial charge in [0.05, 0.1) is 14.2 Å². The molecule has 6 heteroatoms. The fourth-order valence-corrected chi connectivity index (χ4v) is 3.62. The fourth-order valence-electron chi connectivity index (χ4n) is 2.87. The van der Waals surface area contributed by atoms with E-state index in [1.165, 1.54) is 11.6 Å². The lowest BCUT2D eigenvalue weighted by Gasteiger charge is -2.09. The maximum atomic E-state index is 13.4. The summed E-state index contributed by atoms with van der Waals surface area (Å²) in [6.45, 7) is 1.72. The van der Waals surface area contributed by atoms with Crippen molar-refractivity contribution in [3.05, 3.63) is 46.6 Å². The SMILES string of the molecule is COc1ccc(F)cc1C1CC1CNCc1ccsc1OC.Cl. The minimum atomic E-state index is -0.197. The fraction of sp³-hybridized carbons (Fsp3) is 0.412. The lowest BCUT2D eigenvalue weighted by molar-refractivity contribution is 0.407. The number of thiophene rings is 1. The summed E-state index contributed by atoms with van der Waals surface area (Å²) in [6.07, 6.45) is 1.08. The minimum absolute atomic E-state index is 0. The van der Waals surface area contributed by atoms with Crippen LogP contribution in [0.25, 0.3) is 0 Å². The number of nitrogens with one attached hydrogen (secondary N) is 1. The van der Waals surface area contributed by atoms with Crippen LogP contribution in [0.1, 0.15) is 23.5 Å². The molecular formula is C17H21ClFNO2S. The van der Waals surface area contributed by atoms with Gasteiger partial charge in [-0.3, -0.25) is 0 Å². The third-order valence-corrected chi connectivity index (χ3v) is 5.04. The number of methoxy groups -OCH3 is 2. The summed E-state index contributed by atoms with van der Waals surface area (Å²) in [4.78, 5) is 0. The van der Waals surface area contributed by atoms with Crippen molar-refractivity contribution in [3.63, 3.8) is 0 Å². The molecule has 1 aliphatic rings. The number of hydrogen-bond acceptors (Lipinski definition) is 4. The molecule has 3 nitrogen and oxygen atoms in total. The molecule has 23 heavy (non-hydrogen) atoms. The molecule has 0 bridgehead atoms. The standard InChI is InChI=1S/C17H20FNO2S.ClH/c1-20-16-4-3-13(18)8-15(16)14-7-12(14)10-19-9-11-5-6-22-17(11)21-2;/h3-6,8,12,14,19H,7,9-10H2,1-2H3;1H. The van der Waals surface area contributed by atoms with Crippen LogP contribution in [0.4, 0.5) is 4.39 Å². The van der Waals surface area contributed by atoms with Crippen molar-refractivity contribution in [1.29, 1.82) is 0 Å². The maximum absolute atomic E-state index is 13.4.